The van der Waals surface area contributed by atoms with Crippen LogP contribution in [0.3, 0.4) is 0 Å². The van der Waals surface area contributed by atoms with Crippen molar-refractivity contribution in [3.05, 3.63) is 29.6 Å². The molecule has 1 aliphatic rings. The number of hydrogen-bond acceptors (Lipinski definition) is 3. The molecule has 2 aromatic heterocycles. The Kier molecular flexibility index (Phi) is 2.07. The molecular weight excluding hydrogens is 243 g/mol. The van der Waals surface area contributed by atoms with E-state index < -0.39 is 10.2 Å². The second-order valence-corrected chi connectivity index (χ2v) is 5.71. The first-order valence-electron chi connectivity index (χ1n) is 5.40. The molecule has 0 saturated heterocycles. The van der Waals surface area contributed by atoms with Crippen LogP contribution in [-0.2, 0) is 10.2 Å². The second kappa shape index (κ2) is 3.29. The van der Waals surface area contributed by atoms with Crippen LogP contribution in [-0.4, -0.2) is 17.8 Å². The Balaban J connectivity index is 2.41. The highest BCUT2D eigenvalue weighted by Crippen LogP contribution is 2.42. The molecule has 6 heteroatoms. The summed E-state index contributed by atoms with van der Waals surface area (Å²) in [6, 6.07) is 3.53. The van der Waals surface area contributed by atoms with Gasteiger partial charge in [-0.1, -0.05) is 9.95 Å². The summed E-state index contributed by atoms with van der Waals surface area (Å²) in [7, 11) is -4.74. The van der Waals surface area contributed by atoms with Crippen LogP contribution in [0.2, 0.25) is 0 Å². The van der Waals surface area contributed by atoms with Crippen LogP contribution in [0.5, 0.6) is 0 Å². The van der Waals surface area contributed by atoms with E-state index in [1.54, 1.807) is 12.3 Å². The van der Waals surface area contributed by atoms with Gasteiger partial charge in [-0.15, -0.1) is 0 Å². The van der Waals surface area contributed by atoms with Gasteiger partial charge in [-0.05, 0) is 31.4 Å². The SMILES string of the molecule is Cc1ccc2nc(C3CC3)c(S(=O)(=O)F)n2c1. The highest BCUT2D eigenvalue weighted by atomic mass is 32.3. The van der Waals surface area contributed by atoms with Crippen molar-refractivity contribution < 1.29 is 12.3 Å². The Labute approximate surface area is 98.3 Å². The molecule has 3 rings (SSSR count). The molecule has 1 aliphatic carbocycles. The molecule has 0 atom stereocenters. The summed E-state index contributed by atoms with van der Waals surface area (Å²) in [4.78, 5) is 4.23. The minimum Gasteiger partial charge on any atom is -0.288 e. The number of fused-ring (bicyclic) bond motifs is 1. The van der Waals surface area contributed by atoms with Crippen molar-refractivity contribution in [2.24, 2.45) is 0 Å². The summed E-state index contributed by atoms with van der Waals surface area (Å²) in [6.45, 7) is 1.82. The van der Waals surface area contributed by atoms with Gasteiger partial charge in [0.25, 0.3) is 0 Å². The maximum atomic E-state index is 13.4. The highest BCUT2D eigenvalue weighted by molar-refractivity contribution is 7.86. The van der Waals surface area contributed by atoms with Crippen LogP contribution in [0.25, 0.3) is 5.65 Å². The molecule has 1 fully saturated rings. The summed E-state index contributed by atoms with van der Waals surface area (Å²) < 4.78 is 37.2. The van der Waals surface area contributed by atoms with E-state index >= 15 is 0 Å². The molecule has 4 nitrogen and oxygen atoms in total. The van der Waals surface area contributed by atoms with Crippen molar-refractivity contribution >= 4 is 15.9 Å². The lowest BCUT2D eigenvalue weighted by Gasteiger charge is -1.99. The van der Waals surface area contributed by atoms with E-state index in [4.69, 9.17) is 0 Å². The quantitative estimate of drug-likeness (QED) is 0.772. The van der Waals surface area contributed by atoms with E-state index in [2.05, 4.69) is 4.98 Å². The largest absolute Gasteiger partial charge is 0.350 e. The van der Waals surface area contributed by atoms with Crippen LogP contribution in [0, 0.1) is 6.92 Å². The zero-order valence-electron chi connectivity index (χ0n) is 9.22. The molecule has 1 saturated carbocycles. The summed E-state index contributed by atoms with van der Waals surface area (Å²) in [5.41, 5.74) is 1.72. The van der Waals surface area contributed by atoms with Crippen LogP contribution in [0.4, 0.5) is 3.89 Å². The van der Waals surface area contributed by atoms with Gasteiger partial charge in [0, 0.05) is 12.1 Å². The molecule has 0 spiro atoms. The first-order chi connectivity index (χ1) is 7.97. The van der Waals surface area contributed by atoms with E-state index in [0.717, 1.165) is 18.4 Å². The number of hydrogen-bond donors (Lipinski definition) is 0. The molecule has 0 unspecified atom stereocenters. The molecule has 90 valence electrons. The Bertz CT molecular complexity index is 702. The van der Waals surface area contributed by atoms with Crippen LogP contribution in [0.1, 0.15) is 30.0 Å². The molecule has 2 heterocycles. The monoisotopic (exact) mass is 254 g/mol. The van der Waals surface area contributed by atoms with Gasteiger partial charge in [0.15, 0.2) is 5.03 Å². The number of rotatable bonds is 2. The van der Waals surface area contributed by atoms with Gasteiger partial charge >= 0.3 is 10.2 Å². The van der Waals surface area contributed by atoms with Gasteiger partial charge < -0.3 is 0 Å². The first-order valence-corrected chi connectivity index (χ1v) is 6.78. The van der Waals surface area contributed by atoms with Gasteiger partial charge in [0.1, 0.15) is 5.65 Å². The Morgan fingerprint density at radius 2 is 2.12 bits per heavy atom. The van der Waals surface area contributed by atoms with E-state index in [1.807, 2.05) is 13.0 Å². The minimum absolute atomic E-state index is 0.0933. The van der Waals surface area contributed by atoms with Gasteiger partial charge in [0.2, 0.25) is 0 Å². The normalized spacial score (nSPS) is 16.6. The number of aryl methyl sites for hydroxylation is 1. The third-order valence-electron chi connectivity index (χ3n) is 2.94. The van der Waals surface area contributed by atoms with E-state index in [-0.39, 0.29) is 10.9 Å². The van der Waals surface area contributed by atoms with Crippen molar-refractivity contribution in [3.8, 4) is 0 Å². The molecule has 0 aliphatic heterocycles. The van der Waals surface area contributed by atoms with Gasteiger partial charge in [-0.2, -0.15) is 8.42 Å². The minimum atomic E-state index is -4.74. The smallest absolute Gasteiger partial charge is 0.288 e. The van der Waals surface area contributed by atoms with E-state index in [1.165, 1.54) is 4.40 Å². The molecule has 0 bridgehead atoms. The number of aromatic nitrogens is 2. The zero-order chi connectivity index (χ0) is 12.2. The second-order valence-electron chi connectivity index (χ2n) is 4.45. The Morgan fingerprint density at radius 3 is 2.71 bits per heavy atom. The van der Waals surface area contributed by atoms with Gasteiger partial charge in [-0.3, -0.25) is 4.40 Å². The summed E-state index contributed by atoms with van der Waals surface area (Å²) >= 11 is 0. The maximum absolute atomic E-state index is 13.4. The lowest BCUT2D eigenvalue weighted by atomic mass is 10.3. The standard InChI is InChI=1S/C11H11FN2O2S/c1-7-2-5-9-13-10(8-3-4-8)11(14(9)6-7)17(12,15)16/h2,5-6,8H,3-4H2,1H3. The van der Waals surface area contributed by atoms with Gasteiger partial charge in [0.05, 0.1) is 5.69 Å². The van der Waals surface area contributed by atoms with Crippen molar-refractivity contribution in [3.63, 3.8) is 0 Å². The number of pyridine rings is 1. The Morgan fingerprint density at radius 1 is 1.41 bits per heavy atom. The molecule has 0 N–H and O–H groups in total. The fourth-order valence-electron chi connectivity index (χ4n) is 2.01. The lowest BCUT2D eigenvalue weighted by molar-refractivity contribution is 0.544. The fraction of sp³-hybridized carbons (Fsp3) is 0.364. The first kappa shape index (κ1) is 10.7. The number of halogens is 1. The molecule has 0 radical (unpaired) electrons. The summed E-state index contributed by atoms with van der Waals surface area (Å²) in [6.07, 6.45) is 3.36. The third-order valence-corrected chi connectivity index (χ3v) is 3.81. The molecule has 17 heavy (non-hydrogen) atoms. The third kappa shape index (κ3) is 1.72. The Hall–Kier alpha value is -1.43. The van der Waals surface area contributed by atoms with Crippen molar-refractivity contribution in [1.82, 2.24) is 9.38 Å². The average molecular weight is 254 g/mol. The molecular formula is C11H11FN2O2S. The molecule has 2 aromatic rings. The molecule has 0 amide bonds. The topological polar surface area (TPSA) is 51.4 Å². The summed E-state index contributed by atoms with van der Waals surface area (Å²) in [5, 5.41) is -0.293. The van der Waals surface area contributed by atoms with Crippen molar-refractivity contribution in [2.75, 3.05) is 0 Å². The van der Waals surface area contributed by atoms with E-state index in [9.17, 15) is 12.3 Å². The number of imidazole rings is 1. The van der Waals surface area contributed by atoms with E-state index in [0.29, 0.717) is 11.3 Å². The zero-order valence-corrected chi connectivity index (χ0v) is 10.0. The lowest BCUT2D eigenvalue weighted by Crippen LogP contribution is -2.01. The predicted octanol–water partition coefficient (Wildman–Crippen LogP) is 2.18. The van der Waals surface area contributed by atoms with Crippen molar-refractivity contribution in [2.45, 2.75) is 30.7 Å². The van der Waals surface area contributed by atoms with Crippen LogP contribution < -0.4 is 0 Å². The summed E-state index contributed by atoms with van der Waals surface area (Å²) in [5.74, 6) is 0.0933. The molecule has 0 aromatic carbocycles. The average Bonchev–Trinajstić information content (AvgIpc) is 2.97. The highest BCUT2D eigenvalue weighted by Gasteiger charge is 2.35. The van der Waals surface area contributed by atoms with Crippen LogP contribution >= 0.6 is 0 Å². The predicted molar refractivity (Wildman–Crippen MR) is 60.2 cm³/mol. The van der Waals surface area contributed by atoms with Crippen molar-refractivity contribution in [1.29, 1.82) is 0 Å². The van der Waals surface area contributed by atoms with Gasteiger partial charge in [-0.25, -0.2) is 4.98 Å². The fourth-order valence-corrected chi connectivity index (χ4v) is 2.86. The van der Waals surface area contributed by atoms with Crippen LogP contribution in [0.15, 0.2) is 23.4 Å². The maximum Gasteiger partial charge on any atom is 0.350 e. The number of nitrogens with zero attached hydrogens (tertiary/aromatic N) is 2.